The minimum Gasteiger partial charge on any atom is -0.478 e. The molecule has 1 aromatic carbocycles. The van der Waals surface area contributed by atoms with E-state index in [4.69, 9.17) is 5.11 Å². The molecule has 92 valence electrons. The number of benzene rings is 1. The predicted octanol–water partition coefficient (Wildman–Crippen LogP) is 3.09. The Morgan fingerprint density at radius 3 is 2.94 bits per heavy atom. The summed E-state index contributed by atoms with van der Waals surface area (Å²) in [5, 5.41) is 12.2. The Labute approximate surface area is 105 Å². The smallest absolute Gasteiger partial charge is 0.339 e. The van der Waals surface area contributed by atoms with E-state index in [1.165, 1.54) is 11.8 Å². The number of hydrogen-bond acceptors (Lipinski definition) is 3. The van der Waals surface area contributed by atoms with Gasteiger partial charge in [0, 0.05) is 18.1 Å². The van der Waals surface area contributed by atoms with Gasteiger partial charge in [0.2, 0.25) is 0 Å². The highest BCUT2D eigenvalue weighted by molar-refractivity contribution is 5.94. The number of rotatable bonds is 4. The number of nitrogens with one attached hydrogen (secondary N) is 1. The summed E-state index contributed by atoms with van der Waals surface area (Å²) in [5.74, 6) is -0.989. The van der Waals surface area contributed by atoms with Crippen molar-refractivity contribution in [3.05, 3.63) is 53.9 Å². The summed E-state index contributed by atoms with van der Waals surface area (Å²) in [6, 6.07) is 9.55. The molecular formula is C14H14N2O2. The van der Waals surface area contributed by atoms with Gasteiger partial charge in [-0.1, -0.05) is 19.1 Å². The first-order chi connectivity index (χ1) is 8.70. The van der Waals surface area contributed by atoms with Gasteiger partial charge in [-0.15, -0.1) is 0 Å². The monoisotopic (exact) mass is 242 g/mol. The summed E-state index contributed by atoms with van der Waals surface area (Å²) < 4.78 is 0. The number of aromatic nitrogens is 1. The number of nitrogens with zero attached hydrogens (tertiary/aromatic N) is 1. The first-order valence-corrected chi connectivity index (χ1v) is 5.74. The molecule has 2 aromatic rings. The lowest BCUT2D eigenvalue weighted by molar-refractivity contribution is 0.0697. The van der Waals surface area contributed by atoms with E-state index in [1.54, 1.807) is 12.3 Å². The van der Waals surface area contributed by atoms with Crippen molar-refractivity contribution in [2.45, 2.75) is 13.3 Å². The second kappa shape index (κ2) is 5.31. The van der Waals surface area contributed by atoms with E-state index in [0.717, 1.165) is 12.1 Å². The first-order valence-electron chi connectivity index (χ1n) is 5.74. The van der Waals surface area contributed by atoms with Crippen LogP contribution in [0.15, 0.2) is 42.7 Å². The van der Waals surface area contributed by atoms with E-state index in [2.05, 4.69) is 17.2 Å². The Bertz CT molecular complexity index is 567. The molecule has 0 bridgehead atoms. The molecule has 0 spiro atoms. The maximum Gasteiger partial charge on any atom is 0.339 e. The van der Waals surface area contributed by atoms with Crippen LogP contribution in [0.5, 0.6) is 0 Å². The largest absolute Gasteiger partial charge is 0.478 e. The van der Waals surface area contributed by atoms with Crippen molar-refractivity contribution in [3.8, 4) is 0 Å². The van der Waals surface area contributed by atoms with Crippen LogP contribution in [0.2, 0.25) is 0 Å². The summed E-state index contributed by atoms with van der Waals surface area (Å²) in [5.41, 5.74) is 2.79. The quantitative estimate of drug-likeness (QED) is 0.864. The fourth-order valence-corrected chi connectivity index (χ4v) is 1.70. The highest BCUT2D eigenvalue weighted by atomic mass is 16.4. The molecule has 0 unspecified atom stereocenters. The lowest BCUT2D eigenvalue weighted by Gasteiger charge is -2.09. The third-order valence-electron chi connectivity index (χ3n) is 2.67. The maximum absolute atomic E-state index is 11.1. The molecule has 18 heavy (non-hydrogen) atoms. The van der Waals surface area contributed by atoms with Gasteiger partial charge in [-0.25, -0.2) is 4.79 Å². The zero-order valence-electron chi connectivity index (χ0n) is 10.1. The molecule has 0 saturated carbocycles. The number of anilines is 2. The van der Waals surface area contributed by atoms with Gasteiger partial charge in [-0.3, -0.25) is 4.98 Å². The molecule has 0 aliphatic heterocycles. The minimum absolute atomic E-state index is 0.166. The van der Waals surface area contributed by atoms with Gasteiger partial charge in [0.05, 0.1) is 5.69 Å². The van der Waals surface area contributed by atoms with E-state index in [1.807, 2.05) is 24.3 Å². The molecule has 0 saturated heterocycles. The van der Waals surface area contributed by atoms with E-state index in [0.29, 0.717) is 5.69 Å². The number of pyridine rings is 1. The van der Waals surface area contributed by atoms with Gasteiger partial charge in [0.25, 0.3) is 0 Å². The number of hydrogen-bond donors (Lipinski definition) is 2. The van der Waals surface area contributed by atoms with Crippen molar-refractivity contribution in [2.24, 2.45) is 0 Å². The van der Waals surface area contributed by atoms with Crippen molar-refractivity contribution in [1.82, 2.24) is 4.98 Å². The fraction of sp³-hybridized carbons (Fsp3) is 0.143. The molecule has 4 nitrogen and oxygen atoms in total. The Kier molecular flexibility index (Phi) is 3.57. The minimum atomic E-state index is -0.989. The third-order valence-corrected chi connectivity index (χ3v) is 2.67. The Morgan fingerprint density at radius 2 is 2.22 bits per heavy atom. The van der Waals surface area contributed by atoms with Crippen molar-refractivity contribution in [2.75, 3.05) is 5.32 Å². The van der Waals surface area contributed by atoms with Crippen LogP contribution in [0, 0.1) is 0 Å². The van der Waals surface area contributed by atoms with Crippen LogP contribution < -0.4 is 5.32 Å². The number of carboxylic acid groups (broad SMARTS) is 1. The van der Waals surface area contributed by atoms with Crippen LogP contribution in [0.1, 0.15) is 22.8 Å². The maximum atomic E-state index is 11.1. The average molecular weight is 242 g/mol. The van der Waals surface area contributed by atoms with Crippen molar-refractivity contribution >= 4 is 17.3 Å². The van der Waals surface area contributed by atoms with Crippen LogP contribution in [-0.4, -0.2) is 16.1 Å². The van der Waals surface area contributed by atoms with E-state index < -0.39 is 5.97 Å². The Hall–Kier alpha value is -2.36. The molecule has 4 heteroatoms. The van der Waals surface area contributed by atoms with Crippen molar-refractivity contribution in [1.29, 1.82) is 0 Å². The summed E-state index contributed by atoms with van der Waals surface area (Å²) in [4.78, 5) is 14.9. The molecule has 0 aliphatic rings. The van der Waals surface area contributed by atoms with Gasteiger partial charge < -0.3 is 10.4 Å². The number of aromatic carboxylic acids is 1. The van der Waals surface area contributed by atoms with E-state index >= 15 is 0 Å². The molecular weight excluding hydrogens is 228 g/mol. The lowest BCUT2D eigenvalue weighted by Crippen LogP contribution is -2.03. The van der Waals surface area contributed by atoms with Gasteiger partial charge in [-0.05, 0) is 30.2 Å². The normalized spacial score (nSPS) is 10.1. The molecule has 0 amide bonds. The molecule has 1 heterocycles. The number of carbonyl (C=O) groups is 1. The SMILES string of the molecule is CCc1cccc(Nc2ccncc2C(=O)O)c1. The Morgan fingerprint density at radius 1 is 1.39 bits per heavy atom. The highest BCUT2D eigenvalue weighted by Gasteiger charge is 2.09. The van der Waals surface area contributed by atoms with Crippen molar-refractivity contribution < 1.29 is 9.90 Å². The van der Waals surface area contributed by atoms with Gasteiger partial charge in [0.1, 0.15) is 5.56 Å². The number of aryl methyl sites for hydroxylation is 1. The fourth-order valence-electron chi connectivity index (χ4n) is 1.70. The summed E-state index contributed by atoms with van der Waals surface area (Å²) in [7, 11) is 0. The Balaban J connectivity index is 2.31. The van der Waals surface area contributed by atoms with Crippen LogP contribution >= 0.6 is 0 Å². The number of carboxylic acids is 1. The van der Waals surface area contributed by atoms with Crippen molar-refractivity contribution in [3.63, 3.8) is 0 Å². The summed E-state index contributed by atoms with van der Waals surface area (Å²) in [6.07, 6.45) is 3.85. The molecule has 1 aromatic heterocycles. The second-order valence-electron chi connectivity index (χ2n) is 3.91. The zero-order chi connectivity index (χ0) is 13.0. The van der Waals surface area contributed by atoms with Crippen LogP contribution in [-0.2, 0) is 6.42 Å². The topological polar surface area (TPSA) is 62.2 Å². The van der Waals surface area contributed by atoms with Gasteiger partial charge in [-0.2, -0.15) is 0 Å². The van der Waals surface area contributed by atoms with Crippen LogP contribution in [0.3, 0.4) is 0 Å². The first kappa shape index (κ1) is 12.1. The average Bonchev–Trinajstić information content (AvgIpc) is 2.39. The highest BCUT2D eigenvalue weighted by Crippen LogP contribution is 2.21. The standard InChI is InChI=1S/C14H14N2O2/c1-2-10-4-3-5-11(8-10)16-13-6-7-15-9-12(13)14(17)18/h3-9H,2H2,1H3,(H,15,16)(H,17,18). The summed E-state index contributed by atoms with van der Waals surface area (Å²) in [6.45, 7) is 2.08. The molecule has 0 fully saturated rings. The molecule has 2 rings (SSSR count). The molecule has 0 aliphatic carbocycles. The van der Waals surface area contributed by atoms with Gasteiger partial charge >= 0.3 is 5.97 Å². The van der Waals surface area contributed by atoms with E-state index in [9.17, 15) is 4.79 Å². The second-order valence-corrected chi connectivity index (χ2v) is 3.91. The molecule has 2 N–H and O–H groups in total. The van der Waals surface area contributed by atoms with Gasteiger partial charge in [0.15, 0.2) is 0 Å². The van der Waals surface area contributed by atoms with Crippen LogP contribution in [0.25, 0.3) is 0 Å². The zero-order valence-corrected chi connectivity index (χ0v) is 10.1. The molecule has 0 atom stereocenters. The summed E-state index contributed by atoms with van der Waals surface area (Å²) >= 11 is 0. The predicted molar refractivity (Wildman–Crippen MR) is 70.3 cm³/mol. The van der Waals surface area contributed by atoms with E-state index in [-0.39, 0.29) is 5.56 Å². The molecule has 0 radical (unpaired) electrons. The lowest BCUT2D eigenvalue weighted by atomic mass is 10.1. The third kappa shape index (κ3) is 2.66. The van der Waals surface area contributed by atoms with Crippen LogP contribution in [0.4, 0.5) is 11.4 Å².